The van der Waals surface area contributed by atoms with Gasteiger partial charge in [0, 0.05) is 132 Å². The summed E-state index contributed by atoms with van der Waals surface area (Å²) in [6, 6.07) is 39.5. The number of anilines is 16. The quantitative estimate of drug-likeness (QED) is 0.0152. The van der Waals surface area contributed by atoms with E-state index < -0.39 is 17.9 Å². The van der Waals surface area contributed by atoms with Gasteiger partial charge in [0.1, 0.15) is 23.0 Å². The van der Waals surface area contributed by atoms with Crippen molar-refractivity contribution in [2.75, 3.05) is 115 Å². The lowest BCUT2D eigenvalue weighted by molar-refractivity contribution is -0.135. The fraction of sp³-hybridized carbons (Fsp3) is 0.343. The number of hydrazone groups is 4. The number of carboxylic acids is 3. The molecule has 8 heterocycles. The van der Waals surface area contributed by atoms with Crippen molar-refractivity contribution in [2.45, 2.75) is 155 Å². The number of aryl methyl sites for hydroxylation is 4. The standard InChI is InChI=1S/4C24H27I2N7O.3C2H4O2/c4*1-14-7-9-33(10-8-14)24-30-22(28-20-6-4-5-15(2)16(20)3)29-23(31-24)32-27-13-17-11-18(25)12-19(26)21(17)34;3*1-2(3)4/h4*4-6,11-14,34H,7-10H2,1-3H3,(H2,28,29,30,31,32);3*1H3,(H,3,4)/b4*27-13+;;;. The third-order valence-electron chi connectivity index (χ3n) is 23.9. The molecule has 148 heavy (non-hydrogen) atoms. The molecule has 0 spiro atoms. The van der Waals surface area contributed by atoms with Crippen LogP contribution in [0.15, 0.2) is 142 Å². The Morgan fingerprint density at radius 1 is 0.291 bits per heavy atom. The summed E-state index contributed by atoms with van der Waals surface area (Å²) < 4.78 is 7.15. The molecule has 8 aromatic carbocycles. The molecule has 4 aliphatic rings. The van der Waals surface area contributed by atoms with E-state index in [4.69, 9.17) is 49.6 Å². The van der Waals surface area contributed by atoms with Crippen molar-refractivity contribution in [2.24, 2.45) is 44.1 Å². The summed E-state index contributed by atoms with van der Waals surface area (Å²) >= 11 is 17.3. The SMILES string of the molecule is CC(=O)O.CC(=O)O.CC(=O)O.Cc1cccc(Nc2nc(N/N=C/c3cc(I)cc(I)c3O)nc(N3CCC(C)CC3)n2)c1C.Cc1cccc(Nc2nc(N/N=C/c3cc(I)cc(I)c3O)nc(N3CCC(C)CC3)n2)c1C.Cc1cccc(Nc2nc(N/N=C/c3cc(I)cc(I)c3O)nc(N3CCC(C)CC3)n2)c1C.Cc1cccc(Nc2nc(N/N=C/c3cc(I)cc(I)c3O)nc(N3CCC(C)CC3)n2)c1C. The number of phenolic OH excluding ortho intramolecular Hbond substituents is 4. The molecule has 46 heteroatoms. The van der Waals surface area contributed by atoms with Crippen LogP contribution >= 0.6 is 181 Å². The molecule has 784 valence electrons. The lowest BCUT2D eigenvalue weighted by atomic mass is 10.00. The van der Waals surface area contributed by atoms with E-state index in [-0.39, 0.29) is 23.0 Å². The minimum atomic E-state index is -0.833. The van der Waals surface area contributed by atoms with Gasteiger partial charge in [0.05, 0.1) is 39.1 Å². The Balaban J connectivity index is 0.000000194. The number of carboxylic acid groups (broad SMARTS) is 3. The fourth-order valence-electron chi connectivity index (χ4n) is 14.7. The number of carbonyl (C=O) groups is 3. The summed E-state index contributed by atoms with van der Waals surface area (Å²) in [7, 11) is 0. The first kappa shape index (κ1) is 119. The second kappa shape index (κ2) is 58.8. The predicted octanol–water partition coefficient (Wildman–Crippen LogP) is 23.6. The number of piperidine rings is 4. The van der Waals surface area contributed by atoms with Crippen molar-refractivity contribution >= 4 is 318 Å². The Morgan fingerprint density at radius 3 is 0.635 bits per heavy atom. The van der Waals surface area contributed by atoms with Crippen LogP contribution in [0.3, 0.4) is 0 Å². The van der Waals surface area contributed by atoms with E-state index in [9.17, 15) is 20.4 Å². The smallest absolute Gasteiger partial charge is 0.300 e. The first-order valence-electron chi connectivity index (χ1n) is 47.2. The summed E-state index contributed by atoms with van der Waals surface area (Å²) in [4.78, 5) is 91.3. The van der Waals surface area contributed by atoms with Crippen LogP contribution in [0, 0.1) is 108 Å². The molecule has 4 aromatic heterocycles. The third-order valence-corrected chi connectivity index (χ3v) is 29.6. The van der Waals surface area contributed by atoms with Crippen LogP contribution in [0.25, 0.3) is 0 Å². The van der Waals surface area contributed by atoms with Gasteiger partial charge in [-0.15, -0.1) is 0 Å². The maximum atomic E-state index is 10.3. The van der Waals surface area contributed by atoms with Crippen LogP contribution in [0.2, 0.25) is 0 Å². The molecule has 38 nitrogen and oxygen atoms in total. The van der Waals surface area contributed by atoms with Crippen LogP contribution in [0.4, 0.5) is 94.1 Å². The normalized spacial score (nSPS) is 13.9. The number of hydrogen-bond donors (Lipinski definition) is 15. The van der Waals surface area contributed by atoms with E-state index in [0.29, 0.717) is 117 Å². The number of benzene rings is 8. The molecular weight excluding hydrogens is 2790 g/mol. The molecule has 4 saturated heterocycles. The Labute approximate surface area is 970 Å². The minimum absolute atomic E-state index is 0.197. The lowest BCUT2D eigenvalue weighted by Crippen LogP contribution is -2.34. The Hall–Kier alpha value is -10.5. The van der Waals surface area contributed by atoms with Gasteiger partial charge in [-0.05, 0) is 428 Å². The van der Waals surface area contributed by atoms with Crippen LogP contribution in [-0.2, 0) is 14.4 Å². The first-order chi connectivity index (χ1) is 70.4. The van der Waals surface area contributed by atoms with Crippen molar-refractivity contribution in [3.05, 3.63) is 217 Å². The van der Waals surface area contributed by atoms with Crippen molar-refractivity contribution < 1.29 is 50.1 Å². The average molecular weight is 2910 g/mol. The number of rotatable bonds is 24. The highest BCUT2D eigenvalue weighted by molar-refractivity contribution is 14.1. The number of nitrogens with zero attached hydrogens (tertiary/aromatic N) is 20. The van der Waals surface area contributed by atoms with Gasteiger partial charge >= 0.3 is 0 Å². The van der Waals surface area contributed by atoms with Gasteiger partial charge < -0.3 is 76.6 Å². The van der Waals surface area contributed by atoms with Crippen molar-refractivity contribution in [3.63, 3.8) is 0 Å². The van der Waals surface area contributed by atoms with Gasteiger partial charge in [0.15, 0.2) is 0 Å². The second-order valence-electron chi connectivity index (χ2n) is 35.6. The van der Waals surface area contributed by atoms with Crippen molar-refractivity contribution in [3.8, 4) is 23.0 Å². The number of phenols is 4. The second-order valence-corrected chi connectivity index (χ2v) is 45.3. The highest BCUT2D eigenvalue weighted by Gasteiger charge is 2.27. The number of aromatic hydroxyl groups is 4. The third kappa shape index (κ3) is 38.2. The number of aliphatic carboxylic acids is 3. The molecule has 0 radical (unpaired) electrons. The maximum Gasteiger partial charge on any atom is 0.300 e. The minimum Gasteiger partial charge on any atom is -0.506 e. The summed E-state index contributed by atoms with van der Waals surface area (Å²) in [5, 5.41) is 94.1. The number of hydrogen-bond acceptors (Lipinski definition) is 35. The van der Waals surface area contributed by atoms with E-state index in [1.807, 2.05) is 97.1 Å². The molecule has 0 saturated carbocycles. The topological polar surface area (TPSA) is 506 Å². The Morgan fingerprint density at radius 2 is 0.459 bits per heavy atom. The zero-order valence-corrected chi connectivity index (χ0v) is 102. The number of nitrogens with one attached hydrogen (secondary N) is 8. The molecular formula is C102H120I8N28O10. The van der Waals surface area contributed by atoms with Crippen LogP contribution in [-0.4, -0.2) is 191 Å². The van der Waals surface area contributed by atoms with Gasteiger partial charge in [-0.3, -0.25) is 14.4 Å². The van der Waals surface area contributed by atoms with Crippen LogP contribution in [0.1, 0.15) is 167 Å². The van der Waals surface area contributed by atoms with Gasteiger partial charge in [-0.2, -0.15) is 80.2 Å². The van der Waals surface area contributed by atoms with Crippen molar-refractivity contribution in [1.29, 1.82) is 0 Å². The molecule has 0 bridgehead atoms. The van der Waals surface area contributed by atoms with E-state index in [1.165, 1.54) is 22.3 Å². The largest absolute Gasteiger partial charge is 0.506 e. The highest BCUT2D eigenvalue weighted by Crippen LogP contribution is 2.36. The maximum absolute atomic E-state index is 10.3. The van der Waals surface area contributed by atoms with E-state index in [2.05, 4.69) is 411 Å². The molecule has 4 aliphatic heterocycles. The molecule has 16 rings (SSSR count). The van der Waals surface area contributed by atoms with E-state index in [1.54, 1.807) is 24.9 Å². The van der Waals surface area contributed by atoms with E-state index in [0.717, 1.165) is 198 Å². The number of halogens is 8. The summed E-state index contributed by atoms with van der Waals surface area (Å²) in [5.41, 5.74) is 27.4. The fourth-order valence-corrected chi connectivity index (χ4v) is 22.2. The monoisotopic (exact) mass is 2910 g/mol. The zero-order chi connectivity index (χ0) is 108. The zero-order valence-electron chi connectivity index (χ0n) is 84.3. The molecule has 0 unspecified atom stereocenters. The van der Waals surface area contributed by atoms with Gasteiger partial charge in [-0.25, -0.2) is 21.7 Å². The van der Waals surface area contributed by atoms with Crippen LogP contribution in [0.5, 0.6) is 23.0 Å². The molecule has 4 fully saturated rings. The first-order valence-corrected chi connectivity index (χ1v) is 55.9. The molecule has 0 atom stereocenters. The van der Waals surface area contributed by atoms with Gasteiger partial charge in [0.25, 0.3) is 17.9 Å². The summed E-state index contributed by atoms with van der Waals surface area (Å²) in [6.45, 7) is 36.3. The van der Waals surface area contributed by atoms with Gasteiger partial charge in [0.2, 0.25) is 71.4 Å². The Bertz CT molecular complexity index is 5930. The van der Waals surface area contributed by atoms with E-state index >= 15 is 0 Å². The Kier molecular flexibility index (Phi) is 47.4. The predicted molar refractivity (Wildman–Crippen MR) is 658 cm³/mol. The molecule has 0 amide bonds. The summed E-state index contributed by atoms with van der Waals surface area (Å²) in [5.74, 6) is 6.81. The van der Waals surface area contributed by atoms with Crippen molar-refractivity contribution in [1.82, 2.24) is 59.8 Å². The lowest BCUT2D eigenvalue weighted by Gasteiger charge is -2.30. The molecule has 0 aliphatic carbocycles. The highest BCUT2D eigenvalue weighted by atomic mass is 127. The average Bonchev–Trinajstić information content (AvgIpc) is 0.818. The molecule has 12 aromatic rings. The molecule has 15 N–H and O–H groups in total. The van der Waals surface area contributed by atoms with Gasteiger partial charge in [-0.1, -0.05) is 76.2 Å². The number of aromatic nitrogens is 12. The van der Waals surface area contributed by atoms with Crippen LogP contribution < -0.4 is 62.6 Å². The summed E-state index contributed by atoms with van der Waals surface area (Å²) in [6.07, 6.45) is 15.2.